The lowest BCUT2D eigenvalue weighted by molar-refractivity contribution is -0.937. The van der Waals surface area contributed by atoms with Crippen LogP contribution in [0.4, 0.5) is 0 Å². The molecule has 0 fully saturated rings. The van der Waals surface area contributed by atoms with Crippen LogP contribution in [0.15, 0.2) is 0 Å². The zero-order valence-corrected chi connectivity index (χ0v) is 14.8. The lowest BCUT2D eigenvalue weighted by Gasteiger charge is -2.34. The Morgan fingerprint density at radius 3 is 1.75 bits per heavy atom. The highest BCUT2D eigenvalue weighted by Gasteiger charge is 2.24. The Morgan fingerprint density at radius 2 is 1.30 bits per heavy atom. The summed E-state index contributed by atoms with van der Waals surface area (Å²) >= 11 is 5.70. The maximum absolute atomic E-state index is 10.0. The molecule has 0 radical (unpaired) electrons. The van der Waals surface area contributed by atoms with E-state index in [0.717, 1.165) is 6.54 Å². The highest BCUT2D eigenvalue weighted by molar-refractivity contribution is 6.17. The van der Waals surface area contributed by atoms with Gasteiger partial charge in [-0.05, 0) is 12.8 Å². The topological polar surface area (TPSA) is 20.2 Å². The van der Waals surface area contributed by atoms with E-state index < -0.39 is 0 Å². The van der Waals surface area contributed by atoms with Crippen molar-refractivity contribution in [2.24, 2.45) is 0 Å². The van der Waals surface area contributed by atoms with E-state index >= 15 is 0 Å². The van der Waals surface area contributed by atoms with E-state index in [1.807, 2.05) is 0 Å². The molecule has 1 N–H and O–H groups in total. The monoisotopic (exact) mass is 306 g/mol. The summed E-state index contributed by atoms with van der Waals surface area (Å²) in [6.07, 6.45) is 14.0. The molecule has 0 spiro atoms. The summed E-state index contributed by atoms with van der Waals surface area (Å²) in [5.74, 6) is 0.543. The molecule has 122 valence electrons. The van der Waals surface area contributed by atoms with E-state index in [4.69, 9.17) is 11.6 Å². The number of halogens is 1. The molecule has 2 nitrogen and oxygen atoms in total. The van der Waals surface area contributed by atoms with Crippen molar-refractivity contribution in [3.63, 3.8) is 0 Å². The Hall–Kier alpha value is 0.210. The van der Waals surface area contributed by atoms with Crippen molar-refractivity contribution < 1.29 is 9.59 Å². The Balaban J connectivity index is 3.38. The Labute approximate surface area is 132 Å². The van der Waals surface area contributed by atoms with Crippen molar-refractivity contribution in [3.05, 3.63) is 0 Å². The third-order valence-corrected chi connectivity index (χ3v) is 4.48. The van der Waals surface area contributed by atoms with Crippen LogP contribution >= 0.6 is 11.6 Å². The number of quaternary nitrogens is 1. The molecule has 0 aliphatic carbocycles. The highest BCUT2D eigenvalue weighted by atomic mass is 35.5. The van der Waals surface area contributed by atoms with E-state index in [0.29, 0.717) is 16.8 Å². The molecule has 3 heteroatoms. The summed E-state index contributed by atoms with van der Waals surface area (Å²) in [5.41, 5.74) is 0. The first-order chi connectivity index (χ1) is 9.54. The van der Waals surface area contributed by atoms with Crippen LogP contribution in [0, 0.1) is 0 Å². The van der Waals surface area contributed by atoms with Crippen LogP contribution in [0.25, 0.3) is 0 Å². The molecular weight excluding hydrogens is 270 g/mol. The molecule has 1 atom stereocenters. The minimum Gasteiger partial charge on any atom is -0.345 e. The fraction of sp³-hybridized carbons (Fsp3) is 1.00. The summed E-state index contributed by atoms with van der Waals surface area (Å²) in [4.78, 5) is 0. The fourth-order valence-electron chi connectivity index (χ4n) is 2.60. The molecule has 0 aromatic heterocycles. The lowest BCUT2D eigenvalue weighted by Crippen LogP contribution is -2.49. The SMILES string of the molecule is CCCCCCCCCCCC[N+](C)(C)C(O)CCCl. The fourth-order valence-corrected chi connectivity index (χ4v) is 2.80. The van der Waals surface area contributed by atoms with Crippen molar-refractivity contribution in [2.75, 3.05) is 26.5 Å². The molecule has 0 bridgehead atoms. The number of aliphatic hydroxyl groups is 1. The van der Waals surface area contributed by atoms with Crippen molar-refractivity contribution in [1.29, 1.82) is 0 Å². The van der Waals surface area contributed by atoms with Crippen LogP contribution in [0.5, 0.6) is 0 Å². The molecule has 0 heterocycles. The van der Waals surface area contributed by atoms with E-state index in [9.17, 15) is 5.11 Å². The standard InChI is InChI=1S/C17H37ClNO/c1-4-5-6-7-8-9-10-11-12-13-16-19(2,3)17(20)14-15-18/h17,20H,4-16H2,1-3H3/q+1. The van der Waals surface area contributed by atoms with Crippen LogP contribution in [0.2, 0.25) is 0 Å². The van der Waals surface area contributed by atoms with Gasteiger partial charge in [-0.2, -0.15) is 0 Å². The van der Waals surface area contributed by atoms with Crippen LogP contribution in [-0.2, 0) is 0 Å². The molecule has 0 saturated carbocycles. The minimum atomic E-state index is -0.314. The predicted molar refractivity (Wildman–Crippen MR) is 90.2 cm³/mol. The van der Waals surface area contributed by atoms with Crippen molar-refractivity contribution in [2.45, 2.75) is 83.8 Å². The van der Waals surface area contributed by atoms with Gasteiger partial charge in [0, 0.05) is 12.3 Å². The van der Waals surface area contributed by atoms with Gasteiger partial charge in [0.15, 0.2) is 6.23 Å². The first-order valence-corrected chi connectivity index (χ1v) is 9.14. The molecule has 0 aliphatic heterocycles. The lowest BCUT2D eigenvalue weighted by atomic mass is 10.1. The van der Waals surface area contributed by atoms with Gasteiger partial charge in [0.05, 0.1) is 20.6 Å². The predicted octanol–water partition coefficient (Wildman–Crippen LogP) is 4.93. The average Bonchev–Trinajstić information content (AvgIpc) is 2.41. The summed E-state index contributed by atoms with van der Waals surface area (Å²) in [6.45, 7) is 3.32. The number of alkyl halides is 1. The molecule has 0 amide bonds. The first kappa shape index (κ1) is 20.2. The van der Waals surface area contributed by atoms with Crippen molar-refractivity contribution in [1.82, 2.24) is 0 Å². The van der Waals surface area contributed by atoms with Gasteiger partial charge in [-0.3, -0.25) is 0 Å². The van der Waals surface area contributed by atoms with Crippen LogP contribution in [0.1, 0.15) is 77.6 Å². The molecule has 20 heavy (non-hydrogen) atoms. The number of aliphatic hydroxyl groups excluding tert-OH is 1. The van der Waals surface area contributed by atoms with Gasteiger partial charge >= 0.3 is 0 Å². The molecular formula is C17H37ClNO+. The summed E-state index contributed by atoms with van der Waals surface area (Å²) in [5, 5.41) is 10.0. The normalized spacial score (nSPS) is 13.7. The van der Waals surface area contributed by atoms with Gasteiger partial charge < -0.3 is 9.59 Å². The van der Waals surface area contributed by atoms with Gasteiger partial charge in [-0.15, -0.1) is 11.6 Å². The zero-order chi connectivity index (χ0) is 15.3. The largest absolute Gasteiger partial charge is 0.345 e. The van der Waals surface area contributed by atoms with Crippen LogP contribution < -0.4 is 0 Å². The average molecular weight is 307 g/mol. The number of hydrogen-bond acceptors (Lipinski definition) is 1. The molecule has 0 aromatic carbocycles. The quantitative estimate of drug-likeness (QED) is 0.209. The zero-order valence-electron chi connectivity index (χ0n) is 14.0. The van der Waals surface area contributed by atoms with E-state index in [1.54, 1.807) is 0 Å². The summed E-state index contributed by atoms with van der Waals surface area (Å²) in [7, 11) is 4.20. The van der Waals surface area contributed by atoms with Crippen molar-refractivity contribution in [3.8, 4) is 0 Å². The van der Waals surface area contributed by atoms with E-state index in [-0.39, 0.29) is 6.23 Å². The second-order valence-corrected chi connectivity index (χ2v) is 7.02. The molecule has 0 aliphatic rings. The summed E-state index contributed by atoms with van der Waals surface area (Å²) in [6, 6.07) is 0. The number of unbranched alkanes of at least 4 members (excludes halogenated alkanes) is 9. The first-order valence-electron chi connectivity index (χ1n) is 8.61. The molecule has 0 rings (SSSR count). The second-order valence-electron chi connectivity index (χ2n) is 6.64. The molecule has 1 unspecified atom stereocenters. The Bertz CT molecular complexity index is 209. The smallest absolute Gasteiger partial charge is 0.191 e. The number of nitrogens with zero attached hydrogens (tertiary/aromatic N) is 1. The maximum atomic E-state index is 10.0. The van der Waals surface area contributed by atoms with Gasteiger partial charge in [0.25, 0.3) is 0 Å². The number of rotatable bonds is 14. The minimum absolute atomic E-state index is 0.314. The van der Waals surface area contributed by atoms with Crippen LogP contribution in [-0.4, -0.2) is 42.3 Å². The van der Waals surface area contributed by atoms with E-state index in [2.05, 4.69) is 21.0 Å². The van der Waals surface area contributed by atoms with Gasteiger partial charge in [0.2, 0.25) is 0 Å². The molecule has 0 aromatic rings. The Morgan fingerprint density at radius 1 is 0.850 bits per heavy atom. The maximum Gasteiger partial charge on any atom is 0.191 e. The van der Waals surface area contributed by atoms with Gasteiger partial charge in [-0.1, -0.05) is 58.3 Å². The van der Waals surface area contributed by atoms with Gasteiger partial charge in [-0.25, -0.2) is 0 Å². The third kappa shape index (κ3) is 10.9. The highest BCUT2D eigenvalue weighted by Crippen LogP contribution is 2.14. The summed E-state index contributed by atoms with van der Waals surface area (Å²) < 4.78 is 0.684. The molecule has 0 saturated heterocycles. The van der Waals surface area contributed by atoms with Gasteiger partial charge in [0.1, 0.15) is 0 Å². The number of hydrogen-bond donors (Lipinski definition) is 1. The van der Waals surface area contributed by atoms with E-state index in [1.165, 1.54) is 64.2 Å². The van der Waals surface area contributed by atoms with Crippen LogP contribution in [0.3, 0.4) is 0 Å². The second kappa shape index (κ2) is 12.9. The van der Waals surface area contributed by atoms with Crippen molar-refractivity contribution >= 4 is 11.6 Å². The third-order valence-electron chi connectivity index (χ3n) is 4.26. The Kier molecular flexibility index (Phi) is 13.0.